The molecule has 0 radical (unpaired) electrons. The lowest BCUT2D eigenvalue weighted by molar-refractivity contribution is 0.232. The summed E-state index contributed by atoms with van der Waals surface area (Å²) in [4.78, 5) is 0. The minimum Gasteiger partial charge on any atom is -0.465 e. The van der Waals surface area contributed by atoms with Gasteiger partial charge >= 0.3 is 0 Å². The third-order valence-corrected chi connectivity index (χ3v) is 1.57. The zero-order valence-corrected chi connectivity index (χ0v) is 6.74. The highest BCUT2D eigenvalue weighted by atomic mass is 16.3. The Morgan fingerprint density at radius 3 is 2.91 bits per heavy atom. The van der Waals surface area contributed by atoms with Crippen molar-refractivity contribution in [1.82, 2.24) is 0 Å². The quantitative estimate of drug-likeness (QED) is 0.703. The van der Waals surface area contributed by atoms with E-state index in [0.29, 0.717) is 0 Å². The lowest BCUT2D eigenvalue weighted by Crippen LogP contribution is -1.99. The van der Waals surface area contributed by atoms with E-state index in [1.807, 2.05) is 25.1 Å². The summed E-state index contributed by atoms with van der Waals surface area (Å²) < 4.78 is 5.07. The maximum absolute atomic E-state index is 9.11. The SMILES string of the molecule is C/C(=C\c1ccco1)[C@H](C)O. The van der Waals surface area contributed by atoms with Crippen molar-refractivity contribution in [3.8, 4) is 0 Å². The van der Waals surface area contributed by atoms with Gasteiger partial charge in [-0.1, -0.05) is 0 Å². The molecular formula is C9H12O2. The van der Waals surface area contributed by atoms with Gasteiger partial charge in [-0.05, 0) is 37.6 Å². The normalized spacial score (nSPS) is 15.0. The molecule has 0 fully saturated rings. The van der Waals surface area contributed by atoms with E-state index in [0.717, 1.165) is 11.3 Å². The van der Waals surface area contributed by atoms with E-state index < -0.39 is 6.10 Å². The second-order valence-corrected chi connectivity index (χ2v) is 2.58. The molecule has 11 heavy (non-hydrogen) atoms. The average molecular weight is 152 g/mol. The predicted octanol–water partition coefficient (Wildman–Crippen LogP) is 2.06. The summed E-state index contributed by atoms with van der Waals surface area (Å²) >= 11 is 0. The molecule has 0 bridgehead atoms. The fraction of sp³-hybridized carbons (Fsp3) is 0.333. The van der Waals surface area contributed by atoms with Crippen molar-refractivity contribution in [2.75, 3.05) is 0 Å². The van der Waals surface area contributed by atoms with Gasteiger partial charge in [0, 0.05) is 0 Å². The van der Waals surface area contributed by atoms with Crippen LogP contribution in [-0.4, -0.2) is 11.2 Å². The molecule has 0 aliphatic rings. The molecule has 0 aromatic carbocycles. The molecule has 0 spiro atoms. The van der Waals surface area contributed by atoms with Crippen LogP contribution in [0.3, 0.4) is 0 Å². The van der Waals surface area contributed by atoms with Crippen LogP contribution in [0.2, 0.25) is 0 Å². The number of furan rings is 1. The summed E-state index contributed by atoms with van der Waals surface area (Å²) in [5, 5.41) is 9.11. The van der Waals surface area contributed by atoms with Crippen molar-refractivity contribution >= 4 is 6.08 Å². The van der Waals surface area contributed by atoms with E-state index in [-0.39, 0.29) is 0 Å². The molecule has 1 aromatic rings. The third-order valence-electron chi connectivity index (χ3n) is 1.57. The minimum atomic E-state index is -0.403. The number of rotatable bonds is 2. The van der Waals surface area contributed by atoms with Crippen LogP contribution in [0.4, 0.5) is 0 Å². The van der Waals surface area contributed by atoms with Crippen LogP contribution in [0.1, 0.15) is 19.6 Å². The Balaban J connectivity index is 2.74. The van der Waals surface area contributed by atoms with Crippen molar-refractivity contribution < 1.29 is 9.52 Å². The molecule has 1 heterocycles. The molecule has 0 saturated heterocycles. The van der Waals surface area contributed by atoms with Crippen LogP contribution in [0.25, 0.3) is 6.08 Å². The molecule has 2 nitrogen and oxygen atoms in total. The first-order valence-corrected chi connectivity index (χ1v) is 3.60. The number of aliphatic hydroxyl groups is 1. The van der Waals surface area contributed by atoms with E-state index >= 15 is 0 Å². The summed E-state index contributed by atoms with van der Waals surface area (Å²) in [5.74, 6) is 0.781. The van der Waals surface area contributed by atoms with Crippen molar-refractivity contribution in [2.45, 2.75) is 20.0 Å². The Morgan fingerprint density at radius 2 is 2.45 bits per heavy atom. The van der Waals surface area contributed by atoms with Gasteiger partial charge in [0.2, 0.25) is 0 Å². The second kappa shape index (κ2) is 3.39. The zero-order chi connectivity index (χ0) is 8.27. The Kier molecular flexibility index (Phi) is 2.49. The van der Waals surface area contributed by atoms with Crippen LogP contribution >= 0.6 is 0 Å². The van der Waals surface area contributed by atoms with Crippen molar-refractivity contribution in [3.05, 3.63) is 29.7 Å². The summed E-state index contributed by atoms with van der Waals surface area (Å²) in [7, 11) is 0. The van der Waals surface area contributed by atoms with Crippen LogP contribution in [0, 0.1) is 0 Å². The lowest BCUT2D eigenvalue weighted by atomic mass is 10.2. The first-order chi connectivity index (χ1) is 5.20. The van der Waals surface area contributed by atoms with Gasteiger partial charge < -0.3 is 9.52 Å². The predicted molar refractivity (Wildman–Crippen MR) is 44.0 cm³/mol. The molecule has 1 N–H and O–H groups in total. The van der Waals surface area contributed by atoms with Gasteiger partial charge in [0.05, 0.1) is 12.4 Å². The molecule has 0 aliphatic heterocycles. The topological polar surface area (TPSA) is 33.4 Å². The zero-order valence-electron chi connectivity index (χ0n) is 6.74. The van der Waals surface area contributed by atoms with Gasteiger partial charge in [-0.25, -0.2) is 0 Å². The smallest absolute Gasteiger partial charge is 0.126 e. The van der Waals surface area contributed by atoms with Gasteiger partial charge in [0.15, 0.2) is 0 Å². The number of hydrogen-bond acceptors (Lipinski definition) is 2. The summed E-state index contributed by atoms with van der Waals surface area (Å²) in [6.07, 6.45) is 3.03. The van der Waals surface area contributed by atoms with E-state index in [2.05, 4.69) is 0 Å². The first-order valence-electron chi connectivity index (χ1n) is 3.60. The van der Waals surface area contributed by atoms with Gasteiger partial charge in [-0.2, -0.15) is 0 Å². The average Bonchev–Trinajstić information content (AvgIpc) is 2.39. The Morgan fingerprint density at radius 1 is 1.73 bits per heavy atom. The Bertz CT molecular complexity index is 232. The molecule has 0 unspecified atom stereocenters. The number of aliphatic hydroxyl groups excluding tert-OH is 1. The van der Waals surface area contributed by atoms with E-state index in [1.165, 1.54) is 0 Å². The van der Waals surface area contributed by atoms with E-state index in [9.17, 15) is 0 Å². The fourth-order valence-corrected chi connectivity index (χ4v) is 0.718. The summed E-state index contributed by atoms with van der Waals surface area (Å²) in [5.41, 5.74) is 0.903. The second-order valence-electron chi connectivity index (χ2n) is 2.58. The summed E-state index contributed by atoms with van der Waals surface area (Å²) in [6, 6.07) is 3.67. The van der Waals surface area contributed by atoms with E-state index in [1.54, 1.807) is 13.2 Å². The molecule has 1 aromatic heterocycles. The fourth-order valence-electron chi connectivity index (χ4n) is 0.718. The molecule has 0 saturated carbocycles. The third kappa shape index (κ3) is 2.24. The van der Waals surface area contributed by atoms with Crippen molar-refractivity contribution in [2.24, 2.45) is 0 Å². The van der Waals surface area contributed by atoms with E-state index in [4.69, 9.17) is 9.52 Å². The maximum atomic E-state index is 9.11. The van der Waals surface area contributed by atoms with Crippen LogP contribution in [-0.2, 0) is 0 Å². The highest BCUT2D eigenvalue weighted by Crippen LogP contribution is 2.09. The van der Waals surface area contributed by atoms with Crippen LogP contribution < -0.4 is 0 Å². The highest BCUT2D eigenvalue weighted by molar-refractivity contribution is 5.47. The molecule has 1 rings (SSSR count). The Labute approximate surface area is 66.2 Å². The standard InChI is InChI=1S/C9H12O2/c1-7(8(2)10)6-9-4-3-5-11-9/h3-6,8,10H,1-2H3/b7-6+/t8-/m0/s1. The van der Waals surface area contributed by atoms with Gasteiger partial charge in [-0.3, -0.25) is 0 Å². The largest absolute Gasteiger partial charge is 0.465 e. The molecule has 0 aliphatic carbocycles. The lowest BCUT2D eigenvalue weighted by Gasteiger charge is -2.01. The maximum Gasteiger partial charge on any atom is 0.126 e. The van der Waals surface area contributed by atoms with Crippen LogP contribution in [0.15, 0.2) is 28.4 Å². The molecule has 0 amide bonds. The first kappa shape index (κ1) is 8.08. The van der Waals surface area contributed by atoms with Crippen LogP contribution in [0.5, 0.6) is 0 Å². The van der Waals surface area contributed by atoms with Crippen molar-refractivity contribution in [1.29, 1.82) is 0 Å². The van der Waals surface area contributed by atoms with Gasteiger partial charge in [0.1, 0.15) is 5.76 Å². The molecule has 2 heteroatoms. The van der Waals surface area contributed by atoms with Gasteiger partial charge in [0.25, 0.3) is 0 Å². The highest BCUT2D eigenvalue weighted by Gasteiger charge is 1.98. The minimum absolute atomic E-state index is 0.403. The van der Waals surface area contributed by atoms with Crippen molar-refractivity contribution in [3.63, 3.8) is 0 Å². The number of hydrogen-bond donors (Lipinski definition) is 1. The summed E-state index contributed by atoms with van der Waals surface area (Å²) in [6.45, 7) is 3.60. The van der Waals surface area contributed by atoms with Gasteiger partial charge in [-0.15, -0.1) is 0 Å². The molecular weight excluding hydrogens is 140 g/mol. The Hall–Kier alpha value is -1.02. The molecule has 1 atom stereocenters. The molecule has 60 valence electrons. The monoisotopic (exact) mass is 152 g/mol.